The second-order valence-electron chi connectivity index (χ2n) is 5.36. The summed E-state index contributed by atoms with van der Waals surface area (Å²) in [4.78, 5) is 17.8. The minimum Gasteiger partial charge on any atom is -0.383 e. The highest BCUT2D eigenvalue weighted by molar-refractivity contribution is 7.13. The average Bonchev–Trinajstić information content (AvgIpc) is 2.97. The largest absolute Gasteiger partial charge is 0.414 e. The summed E-state index contributed by atoms with van der Waals surface area (Å²) in [6, 6.07) is -0.451. The molecule has 1 aromatic rings. The molecule has 5 nitrogen and oxygen atoms in total. The lowest BCUT2D eigenvalue weighted by Gasteiger charge is -2.37. The molecule has 1 aromatic heterocycles. The summed E-state index contributed by atoms with van der Waals surface area (Å²) in [5.74, 6) is -1.03. The number of piperidine rings is 1. The van der Waals surface area contributed by atoms with E-state index in [4.69, 9.17) is 0 Å². The number of alkyl halides is 3. The first-order valence-corrected chi connectivity index (χ1v) is 7.86. The highest BCUT2D eigenvalue weighted by atomic mass is 32.1. The molecule has 2 N–H and O–H groups in total. The van der Waals surface area contributed by atoms with Gasteiger partial charge < -0.3 is 10.4 Å². The van der Waals surface area contributed by atoms with Crippen LogP contribution in [-0.4, -0.2) is 52.3 Å². The number of thiazole rings is 1. The minimum atomic E-state index is -4.58. The number of aliphatic hydroxyl groups excluding tert-OH is 1. The van der Waals surface area contributed by atoms with Crippen LogP contribution in [-0.2, 0) is 4.79 Å². The van der Waals surface area contributed by atoms with Crippen molar-refractivity contribution in [3.8, 4) is 0 Å². The summed E-state index contributed by atoms with van der Waals surface area (Å²) in [5.41, 5.74) is 0. The standard InChI is InChI=1S/C13H18F3N3O2S/c1-8(11(21)18-12-17-4-7-22-12)19-5-2-9(3-6-19)10(20)13(14,15)16/h4,7-10,20H,2-3,5-6H2,1H3,(H,17,18,21). The summed E-state index contributed by atoms with van der Waals surface area (Å²) < 4.78 is 37.5. The van der Waals surface area contributed by atoms with E-state index in [1.54, 1.807) is 18.5 Å². The molecule has 1 amide bonds. The average molecular weight is 337 g/mol. The number of carbonyl (C=O) groups is 1. The number of likely N-dealkylation sites (tertiary alicyclic amines) is 1. The molecule has 1 aliphatic heterocycles. The molecule has 0 aliphatic carbocycles. The maximum atomic E-state index is 12.5. The molecular formula is C13H18F3N3O2S. The Balaban J connectivity index is 1.84. The van der Waals surface area contributed by atoms with E-state index < -0.39 is 24.2 Å². The van der Waals surface area contributed by atoms with Crippen molar-refractivity contribution in [2.45, 2.75) is 38.1 Å². The second kappa shape index (κ2) is 6.93. The molecule has 0 bridgehead atoms. The van der Waals surface area contributed by atoms with Gasteiger partial charge in [0.05, 0.1) is 6.04 Å². The van der Waals surface area contributed by atoms with E-state index in [2.05, 4.69) is 10.3 Å². The van der Waals surface area contributed by atoms with Crippen molar-refractivity contribution in [3.05, 3.63) is 11.6 Å². The van der Waals surface area contributed by atoms with Gasteiger partial charge in [0.2, 0.25) is 5.91 Å². The van der Waals surface area contributed by atoms with E-state index in [0.29, 0.717) is 18.2 Å². The molecule has 0 spiro atoms. The zero-order valence-electron chi connectivity index (χ0n) is 12.0. The summed E-state index contributed by atoms with van der Waals surface area (Å²) in [5, 5.41) is 14.2. The number of amides is 1. The molecule has 0 saturated carbocycles. The Morgan fingerprint density at radius 2 is 2.14 bits per heavy atom. The van der Waals surface area contributed by atoms with Crippen LogP contribution in [0.15, 0.2) is 11.6 Å². The number of aromatic nitrogens is 1. The Bertz CT molecular complexity index is 487. The third-order valence-electron chi connectivity index (χ3n) is 3.95. The van der Waals surface area contributed by atoms with E-state index in [9.17, 15) is 23.1 Å². The molecule has 2 heterocycles. The van der Waals surface area contributed by atoms with Crippen molar-refractivity contribution in [1.29, 1.82) is 0 Å². The summed E-state index contributed by atoms with van der Waals surface area (Å²) >= 11 is 1.30. The van der Waals surface area contributed by atoms with E-state index in [0.717, 1.165) is 0 Å². The van der Waals surface area contributed by atoms with Gasteiger partial charge in [0.15, 0.2) is 11.2 Å². The maximum absolute atomic E-state index is 12.5. The Morgan fingerprint density at radius 3 is 2.64 bits per heavy atom. The summed E-state index contributed by atoms with van der Waals surface area (Å²) in [7, 11) is 0. The van der Waals surface area contributed by atoms with E-state index in [1.165, 1.54) is 11.3 Å². The van der Waals surface area contributed by atoms with E-state index >= 15 is 0 Å². The van der Waals surface area contributed by atoms with Gasteiger partial charge in [-0.2, -0.15) is 13.2 Å². The predicted octanol–water partition coefficient (Wildman–Crippen LogP) is 2.11. The van der Waals surface area contributed by atoms with E-state index in [-0.39, 0.29) is 18.7 Å². The maximum Gasteiger partial charge on any atom is 0.414 e. The smallest absolute Gasteiger partial charge is 0.383 e. The van der Waals surface area contributed by atoms with Crippen LogP contribution in [0.2, 0.25) is 0 Å². The van der Waals surface area contributed by atoms with Crippen molar-refractivity contribution >= 4 is 22.4 Å². The Labute approximate surface area is 130 Å². The van der Waals surface area contributed by atoms with Gasteiger partial charge in [0.25, 0.3) is 0 Å². The third-order valence-corrected chi connectivity index (χ3v) is 4.63. The normalized spacial score (nSPS) is 20.6. The van der Waals surface area contributed by atoms with Crippen LogP contribution < -0.4 is 5.32 Å². The first-order chi connectivity index (χ1) is 10.3. The van der Waals surface area contributed by atoms with Crippen LogP contribution in [0.4, 0.5) is 18.3 Å². The van der Waals surface area contributed by atoms with Crippen LogP contribution in [0, 0.1) is 5.92 Å². The Morgan fingerprint density at radius 1 is 1.50 bits per heavy atom. The molecule has 1 saturated heterocycles. The van der Waals surface area contributed by atoms with Gasteiger partial charge in [-0.25, -0.2) is 4.98 Å². The molecule has 22 heavy (non-hydrogen) atoms. The zero-order chi connectivity index (χ0) is 16.3. The fourth-order valence-electron chi connectivity index (χ4n) is 2.55. The molecule has 124 valence electrons. The Hall–Kier alpha value is -1.19. The van der Waals surface area contributed by atoms with Gasteiger partial charge in [-0.15, -0.1) is 11.3 Å². The second-order valence-corrected chi connectivity index (χ2v) is 6.26. The van der Waals surface area contributed by atoms with E-state index in [1.807, 2.05) is 4.90 Å². The molecule has 1 fully saturated rings. The first-order valence-electron chi connectivity index (χ1n) is 6.98. The number of hydrogen-bond acceptors (Lipinski definition) is 5. The fourth-order valence-corrected chi connectivity index (χ4v) is 3.08. The quantitative estimate of drug-likeness (QED) is 0.883. The number of rotatable bonds is 4. The minimum absolute atomic E-state index is 0.218. The van der Waals surface area contributed by atoms with Gasteiger partial charge in [-0.3, -0.25) is 9.69 Å². The number of anilines is 1. The lowest BCUT2D eigenvalue weighted by molar-refractivity contribution is -0.223. The molecule has 0 radical (unpaired) electrons. The Kier molecular flexibility index (Phi) is 5.41. The first kappa shape index (κ1) is 17.2. The molecule has 1 aliphatic rings. The van der Waals surface area contributed by atoms with Crippen LogP contribution in [0.5, 0.6) is 0 Å². The number of carbonyl (C=O) groups excluding carboxylic acids is 1. The van der Waals surface area contributed by atoms with Crippen molar-refractivity contribution in [2.75, 3.05) is 18.4 Å². The van der Waals surface area contributed by atoms with Crippen molar-refractivity contribution in [1.82, 2.24) is 9.88 Å². The fraction of sp³-hybridized carbons (Fsp3) is 0.692. The molecule has 9 heteroatoms. The highest BCUT2D eigenvalue weighted by Gasteiger charge is 2.44. The van der Waals surface area contributed by atoms with Crippen molar-refractivity contribution in [2.24, 2.45) is 5.92 Å². The van der Waals surface area contributed by atoms with Gasteiger partial charge in [0, 0.05) is 11.6 Å². The monoisotopic (exact) mass is 337 g/mol. The van der Waals surface area contributed by atoms with Crippen molar-refractivity contribution < 1.29 is 23.1 Å². The van der Waals surface area contributed by atoms with Gasteiger partial charge in [0.1, 0.15) is 0 Å². The lowest BCUT2D eigenvalue weighted by Crippen LogP contribution is -2.49. The molecule has 2 atom stereocenters. The summed E-state index contributed by atoms with van der Waals surface area (Å²) in [6.07, 6.45) is -4.85. The van der Waals surface area contributed by atoms with Crippen LogP contribution in [0.25, 0.3) is 0 Å². The zero-order valence-corrected chi connectivity index (χ0v) is 12.8. The lowest BCUT2D eigenvalue weighted by atomic mass is 9.90. The predicted molar refractivity (Wildman–Crippen MR) is 76.6 cm³/mol. The van der Waals surface area contributed by atoms with Gasteiger partial charge in [-0.05, 0) is 38.8 Å². The number of nitrogens with one attached hydrogen (secondary N) is 1. The topological polar surface area (TPSA) is 65.5 Å². The number of hydrogen-bond donors (Lipinski definition) is 2. The number of halogens is 3. The third kappa shape index (κ3) is 4.17. The van der Waals surface area contributed by atoms with Gasteiger partial charge >= 0.3 is 6.18 Å². The highest BCUT2D eigenvalue weighted by Crippen LogP contribution is 2.32. The van der Waals surface area contributed by atoms with Gasteiger partial charge in [-0.1, -0.05) is 0 Å². The van der Waals surface area contributed by atoms with Crippen LogP contribution >= 0.6 is 11.3 Å². The molecule has 0 aromatic carbocycles. The van der Waals surface area contributed by atoms with Crippen molar-refractivity contribution in [3.63, 3.8) is 0 Å². The number of aliphatic hydroxyl groups is 1. The molecule has 2 unspecified atom stereocenters. The molecule has 2 rings (SSSR count). The summed E-state index contributed by atoms with van der Waals surface area (Å²) in [6.45, 7) is 2.41. The number of nitrogens with zero attached hydrogens (tertiary/aromatic N) is 2. The SMILES string of the molecule is CC(C(=O)Nc1nccs1)N1CCC(C(O)C(F)(F)F)CC1. The van der Waals surface area contributed by atoms with Crippen LogP contribution in [0.1, 0.15) is 19.8 Å². The van der Waals surface area contributed by atoms with Crippen LogP contribution in [0.3, 0.4) is 0 Å². The molecular weight excluding hydrogens is 319 g/mol.